The van der Waals surface area contributed by atoms with Crippen LogP contribution in [0, 0.1) is 13.8 Å². The molecule has 5 heteroatoms. The SMILES string of the molecule is COC(=O)c1ccc(C(=O)NCCOc2ccc(C)cc2C)cc1. The highest BCUT2D eigenvalue weighted by Gasteiger charge is 2.08. The van der Waals surface area contributed by atoms with Crippen molar-refractivity contribution in [2.75, 3.05) is 20.3 Å². The number of nitrogens with one attached hydrogen (secondary N) is 1. The van der Waals surface area contributed by atoms with Crippen LogP contribution in [-0.4, -0.2) is 32.1 Å². The monoisotopic (exact) mass is 327 g/mol. The van der Waals surface area contributed by atoms with Gasteiger partial charge in [-0.2, -0.15) is 0 Å². The first-order valence-corrected chi connectivity index (χ1v) is 7.68. The Labute approximate surface area is 141 Å². The highest BCUT2D eigenvalue weighted by atomic mass is 16.5. The molecular weight excluding hydrogens is 306 g/mol. The number of carbonyl (C=O) groups is 2. The molecule has 2 aromatic carbocycles. The number of hydrogen-bond donors (Lipinski definition) is 1. The standard InChI is InChI=1S/C19H21NO4/c1-13-4-9-17(14(2)12-13)24-11-10-20-18(21)15-5-7-16(8-6-15)19(22)23-3/h4-9,12H,10-11H2,1-3H3,(H,20,21). The van der Waals surface area contributed by atoms with Gasteiger partial charge in [-0.25, -0.2) is 4.79 Å². The van der Waals surface area contributed by atoms with E-state index in [4.69, 9.17) is 4.74 Å². The molecule has 126 valence electrons. The van der Waals surface area contributed by atoms with Crippen molar-refractivity contribution in [1.82, 2.24) is 5.32 Å². The zero-order chi connectivity index (χ0) is 17.5. The molecule has 24 heavy (non-hydrogen) atoms. The summed E-state index contributed by atoms with van der Waals surface area (Å²) in [6.45, 7) is 4.80. The number of hydrogen-bond acceptors (Lipinski definition) is 4. The number of rotatable bonds is 6. The van der Waals surface area contributed by atoms with Crippen LogP contribution in [0.1, 0.15) is 31.8 Å². The van der Waals surface area contributed by atoms with Crippen molar-refractivity contribution >= 4 is 11.9 Å². The summed E-state index contributed by atoms with van der Waals surface area (Å²) in [5.41, 5.74) is 3.14. The van der Waals surface area contributed by atoms with Crippen LogP contribution in [0.15, 0.2) is 42.5 Å². The molecule has 0 aromatic heterocycles. The predicted octanol–water partition coefficient (Wildman–Crippen LogP) is 2.90. The maximum Gasteiger partial charge on any atom is 0.337 e. The van der Waals surface area contributed by atoms with Crippen molar-refractivity contribution < 1.29 is 19.1 Å². The van der Waals surface area contributed by atoms with Gasteiger partial charge in [-0.1, -0.05) is 17.7 Å². The lowest BCUT2D eigenvalue weighted by molar-refractivity contribution is 0.0600. The molecule has 0 saturated carbocycles. The normalized spacial score (nSPS) is 10.1. The number of esters is 1. The lowest BCUT2D eigenvalue weighted by atomic mass is 10.1. The fourth-order valence-corrected chi connectivity index (χ4v) is 2.26. The second-order valence-electron chi connectivity index (χ2n) is 5.44. The first-order valence-electron chi connectivity index (χ1n) is 7.68. The van der Waals surface area contributed by atoms with Gasteiger partial charge in [-0.15, -0.1) is 0 Å². The van der Waals surface area contributed by atoms with E-state index < -0.39 is 5.97 Å². The van der Waals surface area contributed by atoms with Gasteiger partial charge in [0.1, 0.15) is 12.4 Å². The van der Waals surface area contributed by atoms with Crippen LogP contribution in [0.4, 0.5) is 0 Å². The van der Waals surface area contributed by atoms with Crippen LogP contribution >= 0.6 is 0 Å². The van der Waals surface area contributed by atoms with Crippen LogP contribution in [0.2, 0.25) is 0 Å². The molecule has 0 saturated heterocycles. The van der Waals surface area contributed by atoms with E-state index >= 15 is 0 Å². The lowest BCUT2D eigenvalue weighted by Gasteiger charge is -2.10. The van der Waals surface area contributed by atoms with Gasteiger partial charge in [0.15, 0.2) is 0 Å². The molecule has 0 bridgehead atoms. The van der Waals surface area contributed by atoms with Gasteiger partial charge in [-0.05, 0) is 49.7 Å². The minimum Gasteiger partial charge on any atom is -0.491 e. The van der Waals surface area contributed by atoms with E-state index in [2.05, 4.69) is 16.1 Å². The summed E-state index contributed by atoms with van der Waals surface area (Å²) in [4.78, 5) is 23.4. The van der Waals surface area contributed by atoms with E-state index in [-0.39, 0.29) is 5.91 Å². The van der Waals surface area contributed by atoms with Crippen LogP contribution < -0.4 is 10.1 Å². The average Bonchev–Trinajstić information content (AvgIpc) is 2.59. The second kappa shape index (κ2) is 8.15. The van der Waals surface area contributed by atoms with Crippen LogP contribution in [0.3, 0.4) is 0 Å². The topological polar surface area (TPSA) is 64.6 Å². The Balaban J connectivity index is 1.81. The van der Waals surface area contributed by atoms with Gasteiger partial charge in [0.05, 0.1) is 19.2 Å². The Hall–Kier alpha value is -2.82. The van der Waals surface area contributed by atoms with Gasteiger partial charge in [-0.3, -0.25) is 4.79 Å². The summed E-state index contributed by atoms with van der Waals surface area (Å²) < 4.78 is 10.3. The fraction of sp³-hybridized carbons (Fsp3) is 0.263. The van der Waals surface area contributed by atoms with Crippen molar-refractivity contribution in [2.24, 2.45) is 0 Å². The average molecular weight is 327 g/mol. The van der Waals surface area contributed by atoms with Gasteiger partial charge < -0.3 is 14.8 Å². The van der Waals surface area contributed by atoms with Gasteiger partial charge in [0.25, 0.3) is 5.91 Å². The van der Waals surface area contributed by atoms with Crippen molar-refractivity contribution in [3.63, 3.8) is 0 Å². The summed E-state index contributed by atoms with van der Waals surface area (Å²) in [6.07, 6.45) is 0. The van der Waals surface area contributed by atoms with Crippen molar-refractivity contribution in [1.29, 1.82) is 0 Å². The smallest absolute Gasteiger partial charge is 0.337 e. The summed E-state index contributed by atoms with van der Waals surface area (Å²) in [5.74, 6) is 0.178. The summed E-state index contributed by atoms with van der Waals surface area (Å²) in [7, 11) is 1.32. The van der Waals surface area contributed by atoms with Gasteiger partial charge in [0.2, 0.25) is 0 Å². The molecular formula is C19H21NO4. The molecule has 0 atom stereocenters. The highest BCUT2D eigenvalue weighted by molar-refractivity contribution is 5.96. The van der Waals surface area contributed by atoms with E-state index in [0.29, 0.717) is 24.3 Å². The summed E-state index contributed by atoms with van der Waals surface area (Å²) >= 11 is 0. The third kappa shape index (κ3) is 4.59. The molecule has 0 aliphatic rings. The summed E-state index contributed by atoms with van der Waals surface area (Å²) in [5, 5.41) is 2.78. The van der Waals surface area contributed by atoms with E-state index in [1.54, 1.807) is 24.3 Å². The number of ether oxygens (including phenoxy) is 2. The van der Waals surface area contributed by atoms with Crippen molar-refractivity contribution in [3.8, 4) is 5.75 Å². The Bertz CT molecular complexity index is 723. The minimum absolute atomic E-state index is 0.212. The molecule has 1 N–H and O–H groups in total. The lowest BCUT2D eigenvalue weighted by Crippen LogP contribution is -2.28. The number of amides is 1. The quantitative estimate of drug-likeness (QED) is 0.654. The fourth-order valence-electron chi connectivity index (χ4n) is 2.26. The molecule has 0 aliphatic heterocycles. The van der Waals surface area contributed by atoms with E-state index in [1.165, 1.54) is 12.7 Å². The zero-order valence-corrected chi connectivity index (χ0v) is 14.1. The number of aryl methyl sites for hydroxylation is 2. The minimum atomic E-state index is -0.427. The largest absolute Gasteiger partial charge is 0.491 e. The molecule has 2 aromatic rings. The Morgan fingerprint density at radius 1 is 1.00 bits per heavy atom. The molecule has 0 fully saturated rings. The molecule has 0 unspecified atom stereocenters. The first kappa shape index (κ1) is 17.5. The van der Waals surface area contributed by atoms with Crippen LogP contribution in [0.25, 0.3) is 0 Å². The molecule has 1 amide bonds. The molecule has 5 nitrogen and oxygen atoms in total. The van der Waals surface area contributed by atoms with Gasteiger partial charge >= 0.3 is 5.97 Å². The number of carbonyl (C=O) groups excluding carboxylic acids is 2. The van der Waals surface area contributed by atoms with E-state index in [0.717, 1.165) is 11.3 Å². The van der Waals surface area contributed by atoms with E-state index in [1.807, 2.05) is 26.0 Å². The Kier molecular flexibility index (Phi) is 5.95. The maximum absolute atomic E-state index is 12.0. The van der Waals surface area contributed by atoms with Crippen LogP contribution in [-0.2, 0) is 4.74 Å². The number of methoxy groups -OCH3 is 1. The Morgan fingerprint density at radius 2 is 1.67 bits per heavy atom. The highest BCUT2D eigenvalue weighted by Crippen LogP contribution is 2.18. The second-order valence-corrected chi connectivity index (χ2v) is 5.44. The van der Waals surface area contributed by atoms with Crippen molar-refractivity contribution in [3.05, 3.63) is 64.7 Å². The molecule has 0 spiro atoms. The molecule has 0 aliphatic carbocycles. The predicted molar refractivity (Wildman–Crippen MR) is 91.5 cm³/mol. The van der Waals surface area contributed by atoms with E-state index in [9.17, 15) is 9.59 Å². The van der Waals surface area contributed by atoms with Crippen LogP contribution in [0.5, 0.6) is 5.75 Å². The van der Waals surface area contributed by atoms with Crippen molar-refractivity contribution in [2.45, 2.75) is 13.8 Å². The first-order chi connectivity index (χ1) is 11.5. The van der Waals surface area contributed by atoms with Gasteiger partial charge in [0, 0.05) is 5.56 Å². The zero-order valence-electron chi connectivity index (χ0n) is 14.1. The maximum atomic E-state index is 12.0. The third-order valence-corrected chi connectivity index (χ3v) is 3.54. The Morgan fingerprint density at radius 3 is 2.29 bits per heavy atom. The number of benzene rings is 2. The molecule has 2 rings (SSSR count). The molecule has 0 radical (unpaired) electrons. The summed E-state index contributed by atoms with van der Waals surface area (Å²) in [6, 6.07) is 12.3. The molecule has 0 heterocycles. The third-order valence-electron chi connectivity index (χ3n) is 3.54.